The van der Waals surface area contributed by atoms with Crippen LogP contribution in [-0.4, -0.2) is 20.0 Å². The summed E-state index contributed by atoms with van der Waals surface area (Å²) < 4.78 is 6.03. The number of aliphatic hydroxyl groups excluding tert-OH is 1. The summed E-state index contributed by atoms with van der Waals surface area (Å²) in [7, 11) is -1.70. The van der Waals surface area contributed by atoms with Gasteiger partial charge in [-0.05, 0) is 35.8 Å². The second-order valence-corrected chi connectivity index (χ2v) is 11.9. The Bertz CT molecular complexity index is 506. The van der Waals surface area contributed by atoms with Crippen LogP contribution in [0.25, 0.3) is 0 Å². The minimum absolute atomic E-state index is 0.212. The van der Waals surface area contributed by atoms with Gasteiger partial charge in [0.25, 0.3) is 0 Å². The molecule has 0 spiro atoms. The second-order valence-electron chi connectivity index (χ2n) is 6.63. The molecule has 0 saturated carbocycles. The molecule has 0 aliphatic carbocycles. The molecule has 0 heterocycles. The van der Waals surface area contributed by atoms with Gasteiger partial charge in [0.1, 0.15) is 6.10 Å². The van der Waals surface area contributed by atoms with Crippen molar-refractivity contribution in [3.63, 3.8) is 0 Å². The lowest BCUT2D eigenvalue weighted by Gasteiger charge is -2.35. The SMILES string of the molecule is CC(C)(C)[Si](C)(C)OCCC#CC(O)c1ccc(Cl)cc1. The molecule has 0 aliphatic rings. The molecule has 0 fully saturated rings. The van der Waals surface area contributed by atoms with E-state index in [2.05, 4.69) is 45.7 Å². The van der Waals surface area contributed by atoms with Crippen molar-refractivity contribution in [1.29, 1.82) is 0 Å². The summed E-state index contributed by atoms with van der Waals surface area (Å²) in [6, 6.07) is 7.08. The van der Waals surface area contributed by atoms with Gasteiger partial charge in [-0.1, -0.05) is 56.3 Å². The molecular weight excluding hydrogens is 300 g/mol. The molecule has 0 radical (unpaired) electrons. The summed E-state index contributed by atoms with van der Waals surface area (Å²) >= 11 is 5.81. The standard InChI is InChI=1S/C17H25ClO2Si/c1-17(2,3)21(4,5)20-13-7-6-8-16(19)14-9-11-15(18)12-10-14/h9-12,16,19H,7,13H2,1-5H3. The molecule has 1 aromatic carbocycles. The third-order valence-electron chi connectivity index (χ3n) is 3.92. The van der Waals surface area contributed by atoms with Gasteiger partial charge in [0, 0.05) is 18.1 Å². The van der Waals surface area contributed by atoms with Crippen molar-refractivity contribution in [3.05, 3.63) is 34.9 Å². The smallest absolute Gasteiger partial charge is 0.192 e. The third kappa shape index (κ3) is 5.84. The van der Waals surface area contributed by atoms with Gasteiger partial charge < -0.3 is 9.53 Å². The first-order valence-corrected chi connectivity index (χ1v) is 10.5. The van der Waals surface area contributed by atoms with Crippen molar-refractivity contribution in [2.45, 2.75) is 51.4 Å². The number of hydrogen-bond donors (Lipinski definition) is 1. The Kier molecular flexibility index (Phi) is 6.49. The predicted octanol–water partition coefficient (Wildman–Crippen LogP) is 4.79. The van der Waals surface area contributed by atoms with E-state index in [-0.39, 0.29) is 5.04 Å². The van der Waals surface area contributed by atoms with E-state index in [4.69, 9.17) is 16.0 Å². The van der Waals surface area contributed by atoms with Gasteiger partial charge in [-0.3, -0.25) is 0 Å². The monoisotopic (exact) mass is 324 g/mol. The van der Waals surface area contributed by atoms with E-state index >= 15 is 0 Å². The highest BCUT2D eigenvalue weighted by Gasteiger charge is 2.36. The van der Waals surface area contributed by atoms with Crippen molar-refractivity contribution in [2.24, 2.45) is 0 Å². The Morgan fingerprint density at radius 1 is 1.24 bits per heavy atom. The minimum Gasteiger partial charge on any atom is -0.416 e. The molecule has 1 atom stereocenters. The zero-order valence-electron chi connectivity index (χ0n) is 13.5. The Morgan fingerprint density at radius 2 is 1.81 bits per heavy atom. The molecule has 0 bridgehead atoms. The number of aliphatic hydroxyl groups is 1. The molecule has 116 valence electrons. The molecule has 0 amide bonds. The summed E-state index contributed by atoms with van der Waals surface area (Å²) in [6.45, 7) is 11.7. The summed E-state index contributed by atoms with van der Waals surface area (Å²) in [5.41, 5.74) is 0.761. The topological polar surface area (TPSA) is 29.5 Å². The van der Waals surface area contributed by atoms with Crippen LogP contribution in [0.2, 0.25) is 23.2 Å². The van der Waals surface area contributed by atoms with Crippen LogP contribution in [0.3, 0.4) is 0 Å². The van der Waals surface area contributed by atoms with Gasteiger partial charge in [0.2, 0.25) is 0 Å². The van der Waals surface area contributed by atoms with E-state index in [0.717, 1.165) is 5.56 Å². The van der Waals surface area contributed by atoms with Gasteiger partial charge in [0.15, 0.2) is 8.32 Å². The quantitative estimate of drug-likeness (QED) is 0.490. The van der Waals surface area contributed by atoms with Crippen molar-refractivity contribution >= 4 is 19.9 Å². The zero-order chi connectivity index (χ0) is 16.1. The van der Waals surface area contributed by atoms with Gasteiger partial charge in [-0.25, -0.2) is 0 Å². The molecule has 1 unspecified atom stereocenters. The average molecular weight is 325 g/mol. The average Bonchev–Trinajstić information content (AvgIpc) is 2.37. The van der Waals surface area contributed by atoms with Gasteiger partial charge >= 0.3 is 0 Å². The Hall–Kier alpha value is -0.793. The minimum atomic E-state index is -1.70. The lowest BCUT2D eigenvalue weighted by atomic mass is 10.1. The van der Waals surface area contributed by atoms with E-state index in [1.165, 1.54) is 0 Å². The van der Waals surface area contributed by atoms with Crippen LogP contribution in [0.4, 0.5) is 0 Å². The van der Waals surface area contributed by atoms with Crippen LogP contribution in [0.15, 0.2) is 24.3 Å². The maximum Gasteiger partial charge on any atom is 0.192 e. The highest BCUT2D eigenvalue weighted by molar-refractivity contribution is 6.74. The molecule has 1 aromatic rings. The first-order valence-electron chi connectivity index (χ1n) is 7.19. The first kappa shape index (κ1) is 18.3. The molecule has 0 aromatic heterocycles. The van der Waals surface area contributed by atoms with Gasteiger partial charge in [-0.2, -0.15) is 0 Å². The summed E-state index contributed by atoms with van der Waals surface area (Å²) in [4.78, 5) is 0. The Labute approximate surface area is 134 Å². The lowest BCUT2D eigenvalue weighted by molar-refractivity contribution is 0.238. The van der Waals surface area contributed by atoms with Crippen LogP contribution in [0.5, 0.6) is 0 Å². The largest absolute Gasteiger partial charge is 0.416 e. The fourth-order valence-corrected chi connectivity index (χ4v) is 2.64. The van der Waals surface area contributed by atoms with Gasteiger partial charge in [0.05, 0.1) is 0 Å². The number of benzene rings is 1. The fraction of sp³-hybridized carbons (Fsp3) is 0.529. The maximum atomic E-state index is 9.95. The first-order chi connectivity index (χ1) is 9.63. The molecule has 4 heteroatoms. The van der Waals surface area contributed by atoms with E-state index in [0.29, 0.717) is 18.1 Å². The van der Waals surface area contributed by atoms with Crippen LogP contribution in [-0.2, 0) is 4.43 Å². The summed E-state index contributed by atoms with van der Waals surface area (Å²) in [5, 5.41) is 10.8. The normalized spacial score (nSPS) is 13.5. The number of hydrogen-bond acceptors (Lipinski definition) is 2. The Morgan fingerprint density at radius 3 is 2.33 bits per heavy atom. The molecule has 21 heavy (non-hydrogen) atoms. The van der Waals surface area contributed by atoms with Crippen LogP contribution in [0.1, 0.15) is 38.9 Å². The summed E-state index contributed by atoms with van der Waals surface area (Å²) in [5.74, 6) is 5.83. The highest BCUT2D eigenvalue weighted by Crippen LogP contribution is 2.36. The molecule has 1 rings (SSSR count). The Balaban J connectivity index is 2.45. The van der Waals surface area contributed by atoms with Crippen molar-refractivity contribution < 1.29 is 9.53 Å². The van der Waals surface area contributed by atoms with Crippen molar-refractivity contribution in [2.75, 3.05) is 6.61 Å². The van der Waals surface area contributed by atoms with E-state index < -0.39 is 14.4 Å². The highest BCUT2D eigenvalue weighted by atomic mass is 35.5. The molecule has 1 N–H and O–H groups in total. The molecule has 2 nitrogen and oxygen atoms in total. The second kappa shape index (κ2) is 7.46. The molecule has 0 saturated heterocycles. The molecule has 0 aliphatic heterocycles. The lowest BCUT2D eigenvalue weighted by Crippen LogP contribution is -2.40. The maximum absolute atomic E-state index is 9.95. The van der Waals surface area contributed by atoms with Crippen molar-refractivity contribution in [3.8, 4) is 11.8 Å². The number of halogens is 1. The van der Waals surface area contributed by atoms with E-state index in [1.807, 2.05) is 0 Å². The molecular formula is C17H25ClO2Si. The fourth-order valence-electron chi connectivity index (χ4n) is 1.47. The number of rotatable bonds is 4. The van der Waals surface area contributed by atoms with E-state index in [9.17, 15) is 5.11 Å². The zero-order valence-corrected chi connectivity index (χ0v) is 15.3. The van der Waals surface area contributed by atoms with Crippen LogP contribution < -0.4 is 0 Å². The van der Waals surface area contributed by atoms with Crippen molar-refractivity contribution in [1.82, 2.24) is 0 Å². The van der Waals surface area contributed by atoms with Gasteiger partial charge in [-0.15, -0.1) is 0 Å². The van der Waals surface area contributed by atoms with Crippen LogP contribution >= 0.6 is 11.6 Å². The van der Waals surface area contributed by atoms with E-state index in [1.54, 1.807) is 24.3 Å². The third-order valence-corrected chi connectivity index (χ3v) is 8.71. The predicted molar refractivity (Wildman–Crippen MR) is 92.0 cm³/mol. The summed E-state index contributed by atoms with van der Waals surface area (Å²) in [6.07, 6.45) is -0.132. The van der Waals surface area contributed by atoms with Crippen LogP contribution in [0, 0.1) is 11.8 Å².